The number of nitrogens with one attached hydrogen (secondary N) is 1. The lowest BCUT2D eigenvalue weighted by Crippen LogP contribution is -2.38. The van der Waals surface area contributed by atoms with Crippen LogP contribution in [0.1, 0.15) is 57.4 Å². The highest BCUT2D eigenvalue weighted by molar-refractivity contribution is 5.05. The minimum Gasteiger partial charge on any atom is -0.360 e. The Morgan fingerprint density at radius 1 is 1.40 bits per heavy atom. The molecule has 2 unspecified atom stereocenters. The molecule has 1 saturated carbocycles. The molecule has 0 radical (unpaired) electrons. The highest BCUT2D eigenvalue weighted by Crippen LogP contribution is 2.28. The largest absolute Gasteiger partial charge is 0.360 e. The van der Waals surface area contributed by atoms with Gasteiger partial charge in [-0.05, 0) is 38.8 Å². The third-order valence-corrected chi connectivity index (χ3v) is 4.38. The van der Waals surface area contributed by atoms with Gasteiger partial charge in [-0.15, -0.1) is 0 Å². The number of rotatable bonds is 7. The van der Waals surface area contributed by atoms with Crippen LogP contribution in [0.15, 0.2) is 10.6 Å². The fraction of sp³-hybridized carbons (Fsp3) is 0.812. The zero-order valence-electron chi connectivity index (χ0n) is 13.2. The zero-order valence-corrected chi connectivity index (χ0v) is 13.2. The minimum absolute atomic E-state index is 0.690. The lowest BCUT2D eigenvalue weighted by Gasteiger charge is -2.35. The molecule has 1 aromatic heterocycles. The van der Waals surface area contributed by atoms with Gasteiger partial charge in [0, 0.05) is 18.7 Å². The van der Waals surface area contributed by atoms with Crippen molar-refractivity contribution in [2.45, 2.75) is 65.1 Å². The van der Waals surface area contributed by atoms with E-state index in [4.69, 9.17) is 4.52 Å². The molecule has 2 rings (SSSR count). The van der Waals surface area contributed by atoms with Crippen molar-refractivity contribution in [2.75, 3.05) is 13.6 Å². The monoisotopic (exact) mass is 279 g/mol. The summed E-state index contributed by atoms with van der Waals surface area (Å²) < 4.78 is 5.46. The Morgan fingerprint density at radius 2 is 2.20 bits per heavy atom. The van der Waals surface area contributed by atoms with Gasteiger partial charge in [0.2, 0.25) is 0 Å². The predicted octanol–water partition coefficient (Wildman–Crippen LogP) is 3.18. The van der Waals surface area contributed by atoms with Crippen LogP contribution in [0, 0.1) is 5.92 Å². The van der Waals surface area contributed by atoms with Crippen molar-refractivity contribution in [3.8, 4) is 0 Å². The van der Waals surface area contributed by atoms with Crippen LogP contribution in [0.25, 0.3) is 0 Å². The summed E-state index contributed by atoms with van der Waals surface area (Å²) in [6.07, 6.45) is 6.57. The SMILES string of the molecule is CCCNCc1cc(CN(C)C2CCCCC2C)on1. The molecule has 1 heterocycles. The maximum absolute atomic E-state index is 5.46. The third kappa shape index (κ3) is 4.32. The number of aromatic nitrogens is 1. The lowest BCUT2D eigenvalue weighted by atomic mass is 9.85. The van der Waals surface area contributed by atoms with Gasteiger partial charge in [0.05, 0.1) is 12.2 Å². The molecular formula is C16H29N3O. The van der Waals surface area contributed by atoms with Crippen molar-refractivity contribution < 1.29 is 4.52 Å². The van der Waals surface area contributed by atoms with E-state index in [1.165, 1.54) is 25.7 Å². The summed E-state index contributed by atoms with van der Waals surface area (Å²) >= 11 is 0. The molecule has 0 spiro atoms. The second-order valence-corrected chi connectivity index (χ2v) is 6.21. The normalized spacial score (nSPS) is 23.4. The van der Waals surface area contributed by atoms with E-state index in [0.29, 0.717) is 6.04 Å². The molecule has 1 aliphatic rings. The van der Waals surface area contributed by atoms with Crippen molar-refractivity contribution in [3.63, 3.8) is 0 Å². The topological polar surface area (TPSA) is 41.3 Å². The van der Waals surface area contributed by atoms with Crippen molar-refractivity contribution in [1.29, 1.82) is 0 Å². The summed E-state index contributed by atoms with van der Waals surface area (Å²) in [6.45, 7) is 7.25. The van der Waals surface area contributed by atoms with Crippen molar-refractivity contribution in [3.05, 3.63) is 17.5 Å². The van der Waals surface area contributed by atoms with Crippen LogP contribution in [0.2, 0.25) is 0 Å². The first kappa shape index (κ1) is 15.5. The van der Waals surface area contributed by atoms with E-state index >= 15 is 0 Å². The van der Waals surface area contributed by atoms with Crippen LogP contribution in [0.3, 0.4) is 0 Å². The highest BCUT2D eigenvalue weighted by Gasteiger charge is 2.25. The molecule has 2 atom stereocenters. The Kier molecular flexibility index (Phi) is 6.05. The highest BCUT2D eigenvalue weighted by atomic mass is 16.5. The van der Waals surface area contributed by atoms with Crippen molar-refractivity contribution in [2.24, 2.45) is 5.92 Å². The Morgan fingerprint density at radius 3 is 2.95 bits per heavy atom. The quantitative estimate of drug-likeness (QED) is 0.778. The average molecular weight is 279 g/mol. The van der Waals surface area contributed by atoms with Gasteiger partial charge in [-0.1, -0.05) is 31.8 Å². The van der Waals surface area contributed by atoms with Crippen molar-refractivity contribution in [1.82, 2.24) is 15.4 Å². The van der Waals surface area contributed by atoms with Gasteiger partial charge < -0.3 is 9.84 Å². The maximum atomic E-state index is 5.46. The van der Waals surface area contributed by atoms with E-state index in [9.17, 15) is 0 Å². The summed E-state index contributed by atoms with van der Waals surface area (Å²) in [5, 5.41) is 7.49. The summed E-state index contributed by atoms with van der Waals surface area (Å²) in [4.78, 5) is 2.44. The summed E-state index contributed by atoms with van der Waals surface area (Å²) in [5.41, 5.74) is 1.01. The molecule has 0 amide bonds. The zero-order chi connectivity index (χ0) is 14.4. The fourth-order valence-electron chi connectivity index (χ4n) is 3.22. The second kappa shape index (κ2) is 7.79. The molecule has 1 aliphatic carbocycles. The molecule has 114 valence electrons. The minimum atomic E-state index is 0.690. The van der Waals surface area contributed by atoms with Crippen molar-refractivity contribution >= 4 is 0 Å². The smallest absolute Gasteiger partial charge is 0.151 e. The number of hydrogen-bond donors (Lipinski definition) is 1. The number of hydrogen-bond acceptors (Lipinski definition) is 4. The maximum Gasteiger partial charge on any atom is 0.151 e. The van der Waals surface area contributed by atoms with E-state index in [1.54, 1.807) is 0 Å². The van der Waals surface area contributed by atoms with Crippen LogP contribution >= 0.6 is 0 Å². The Hall–Kier alpha value is -0.870. The molecule has 4 heteroatoms. The van der Waals surface area contributed by atoms with E-state index in [2.05, 4.69) is 42.3 Å². The Labute approximate surface area is 122 Å². The lowest BCUT2D eigenvalue weighted by molar-refractivity contribution is 0.122. The van der Waals surface area contributed by atoms with Gasteiger partial charge in [0.1, 0.15) is 0 Å². The van der Waals surface area contributed by atoms with Gasteiger partial charge in [0.15, 0.2) is 5.76 Å². The summed E-state index contributed by atoms with van der Waals surface area (Å²) in [7, 11) is 2.21. The first-order valence-corrected chi connectivity index (χ1v) is 8.06. The molecule has 0 bridgehead atoms. The Bertz CT molecular complexity index is 391. The van der Waals surface area contributed by atoms with Gasteiger partial charge in [-0.2, -0.15) is 0 Å². The van der Waals surface area contributed by atoms with Crippen LogP contribution in [0.4, 0.5) is 0 Å². The molecular weight excluding hydrogens is 250 g/mol. The van der Waals surface area contributed by atoms with Gasteiger partial charge in [-0.25, -0.2) is 0 Å². The molecule has 1 N–H and O–H groups in total. The molecule has 20 heavy (non-hydrogen) atoms. The van der Waals surface area contributed by atoms with Crippen LogP contribution in [0.5, 0.6) is 0 Å². The average Bonchev–Trinajstić information content (AvgIpc) is 2.87. The van der Waals surface area contributed by atoms with Crippen LogP contribution in [-0.4, -0.2) is 29.7 Å². The Balaban J connectivity index is 1.82. The summed E-state index contributed by atoms with van der Waals surface area (Å²) in [5.74, 6) is 1.78. The first-order chi connectivity index (χ1) is 9.70. The molecule has 1 fully saturated rings. The van der Waals surface area contributed by atoms with Gasteiger partial charge >= 0.3 is 0 Å². The fourth-order valence-corrected chi connectivity index (χ4v) is 3.22. The second-order valence-electron chi connectivity index (χ2n) is 6.21. The molecule has 1 aromatic rings. The van der Waals surface area contributed by atoms with E-state index in [-0.39, 0.29) is 0 Å². The van der Waals surface area contributed by atoms with Gasteiger partial charge in [0.25, 0.3) is 0 Å². The molecule has 0 saturated heterocycles. The third-order valence-electron chi connectivity index (χ3n) is 4.38. The van der Waals surface area contributed by atoms with Crippen LogP contribution in [-0.2, 0) is 13.1 Å². The first-order valence-electron chi connectivity index (χ1n) is 8.06. The predicted molar refractivity (Wildman–Crippen MR) is 81.4 cm³/mol. The molecule has 0 aliphatic heterocycles. The number of nitrogens with zero attached hydrogens (tertiary/aromatic N) is 2. The summed E-state index contributed by atoms with van der Waals surface area (Å²) in [6, 6.07) is 2.78. The van der Waals surface area contributed by atoms with E-state index < -0.39 is 0 Å². The van der Waals surface area contributed by atoms with E-state index in [0.717, 1.165) is 43.4 Å². The molecule has 4 nitrogen and oxygen atoms in total. The van der Waals surface area contributed by atoms with E-state index in [1.807, 2.05) is 0 Å². The molecule has 0 aromatic carbocycles. The van der Waals surface area contributed by atoms with Crippen LogP contribution < -0.4 is 5.32 Å². The standard InChI is InChI=1S/C16H29N3O/c1-4-9-17-11-14-10-15(20-18-14)12-19(3)16-8-6-5-7-13(16)2/h10,13,16-17H,4-9,11-12H2,1-3H3. The van der Waals surface area contributed by atoms with Gasteiger partial charge in [-0.3, -0.25) is 4.90 Å².